The third-order valence-corrected chi connectivity index (χ3v) is 4.84. The van der Waals surface area contributed by atoms with Crippen molar-refractivity contribution in [3.05, 3.63) is 77.7 Å². The molecular weight excluding hydrogens is 359 g/mol. The lowest BCUT2D eigenvalue weighted by Crippen LogP contribution is -2.43. The first-order valence-corrected chi connectivity index (χ1v) is 9.14. The van der Waals surface area contributed by atoms with E-state index in [4.69, 9.17) is 4.74 Å². The minimum absolute atomic E-state index is 0.0718. The highest BCUT2D eigenvalue weighted by atomic mass is 19.1. The average Bonchev–Trinajstić information content (AvgIpc) is 2.72. The SMILES string of the molecule is COc1ncc(C2=CC(=O)N3C=C(N4CCNCC4)C=C/C3=C\C=C2)cc1F. The van der Waals surface area contributed by atoms with Gasteiger partial charge in [0.2, 0.25) is 5.88 Å². The minimum Gasteiger partial charge on any atom is -0.479 e. The number of allylic oxidation sites excluding steroid dienone is 6. The number of pyridine rings is 1. The molecule has 1 aromatic rings. The molecule has 0 saturated carbocycles. The fourth-order valence-electron chi connectivity index (χ4n) is 3.35. The molecule has 4 rings (SSSR count). The number of amides is 1. The smallest absolute Gasteiger partial charge is 0.255 e. The first-order valence-electron chi connectivity index (χ1n) is 9.14. The molecule has 0 bridgehead atoms. The van der Waals surface area contributed by atoms with Crippen LogP contribution in [-0.4, -0.2) is 54.0 Å². The Morgan fingerprint density at radius 1 is 1.18 bits per heavy atom. The van der Waals surface area contributed by atoms with Crippen LogP contribution in [0.4, 0.5) is 4.39 Å². The summed E-state index contributed by atoms with van der Waals surface area (Å²) in [5.74, 6) is -0.835. The van der Waals surface area contributed by atoms with Crippen LogP contribution in [0.5, 0.6) is 5.88 Å². The summed E-state index contributed by atoms with van der Waals surface area (Å²) in [5, 5.41) is 3.32. The average molecular weight is 380 g/mol. The number of ether oxygens (including phenoxy) is 1. The van der Waals surface area contributed by atoms with Crippen molar-refractivity contribution in [2.75, 3.05) is 33.3 Å². The second-order valence-electron chi connectivity index (χ2n) is 6.60. The molecule has 3 aliphatic rings. The van der Waals surface area contributed by atoms with E-state index >= 15 is 0 Å². The summed E-state index contributed by atoms with van der Waals surface area (Å²) in [4.78, 5) is 20.8. The largest absolute Gasteiger partial charge is 0.479 e. The Kier molecular flexibility index (Phi) is 5.08. The van der Waals surface area contributed by atoms with Crippen molar-refractivity contribution >= 4 is 11.5 Å². The summed E-state index contributed by atoms with van der Waals surface area (Å²) in [6.45, 7) is 3.64. The summed E-state index contributed by atoms with van der Waals surface area (Å²) in [7, 11) is 1.36. The molecule has 0 atom stereocenters. The topological polar surface area (TPSA) is 57.7 Å². The molecule has 0 spiro atoms. The molecule has 4 heterocycles. The van der Waals surface area contributed by atoms with Crippen molar-refractivity contribution in [2.45, 2.75) is 0 Å². The van der Waals surface area contributed by atoms with Gasteiger partial charge in [0.15, 0.2) is 5.82 Å². The minimum atomic E-state index is -0.568. The van der Waals surface area contributed by atoms with E-state index in [1.807, 2.05) is 30.5 Å². The van der Waals surface area contributed by atoms with Gasteiger partial charge in [-0.15, -0.1) is 0 Å². The van der Waals surface area contributed by atoms with Crippen LogP contribution in [0.2, 0.25) is 0 Å². The number of piperazine rings is 1. The predicted octanol–water partition coefficient (Wildman–Crippen LogP) is 2.21. The Labute approximate surface area is 163 Å². The van der Waals surface area contributed by atoms with E-state index in [-0.39, 0.29) is 11.8 Å². The van der Waals surface area contributed by atoms with Gasteiger partial charge in [-0.05, 0) is 29.9 Å². The number of methoxy groups -OCH3 is 1. The molecule has 144 valence electrons. The van der Waals surface area contributed by atoms with E-state index in [9.17, 15) is 9.18 Å². The molecule has 1 fully saturated rings. The number of rotatable bonds is 3. The first kappa shape index (κ1) is 18.2. The molecule has 0 unspecified atom stereocenters. The van der Waals surface area contributed by atoms with Crippen molar-refractivity contribution in [3.63, 3.8) is 0 Å². The molecule has 0 radical (unpaired) electrons. The number of nitrogens with one attached hydrogen (secondary N) is 1. The molecule has 1 saturated heterocycles. The van der Waals surface area contributed by atoms with Crippen LogP contribution in [0.15, 0.2) is 66.3 Å². The van der Waals surface area contributed by atoms with Crippen molar-refractivity contribution in [2.24, 2.45) is 0 Å². The Bertz CT molecular complexity index is 940. The molecule has 0 aromatic carbocycles. The zero-order chi connectivity index (χ0) is 19.5. The Hall–Kier alpha value is -3.19. The van der Waals surface area contributed by atoms with Gasteiger partial charge in [-0.3, -0.25) is 9.69 Å². The van der Waals surface area contributed by atoms with Crippen LogP contribution < -0.4 is 10.1 Å². The maximum absolute atomic E-state index is 14.0. The lowest BCUT2D eigenvalue weighted by Gasteiger charge is -2.33. The van der Waals surface area contributed by atoms with Crippen molar-refractivity contribution in [3.8, 4) is 5.88 Å². The number of fused-ring (bicyclic) bond motifs is 1. The summed E-state index contributed by atoms with van der Waals surface area (Å²) in [6.07, 6.45) is 14.3. The molecule has 7 heteroatoms. The predicted molar refractivity (Wildman–Crippen MR) is 104 cm³/mol. The van der Waals surface area contributed by atoms with Gasteiger partial charge in [-0.1, -0.05) is 12.2 Å². The van der Waals surface area contributed by atoms with Crippen LogP contribution in [-0.2, 0) is 4.79 Å². The van der Waals surface area contributed by atoms with Crippen molar-refractivity contribution in [1.82, 2.24) is 20.1 Å². The number of nitrogens with zero attached hydrogens (tertiary/aromatic N) is 3. The Balaban J connectivity index is 1.65. The van der Waals surface area contributed by atoms with Crippen LogP contribution in [0.1, 0.15) is 5.56 Å². The van der Waals surface area contributed by atoms with Gasteiger partial charge in [0.05, 0.1) is 12.8 Å². The number of carbonyl (C=O) groups excluding carboxylic acids is 1. The fraction of sp³-hybridized carbons (Fsp3) is 0.238. The van der Waals surface area contributed by atoms with Gasteiger partial charge in [-0.25, -0.2) is 9.37 Å². The van der Waals surface area contributed by atoms with Gasteiger partial charge < -0.3 is 15.0 Å². The number of hydrogen-bond donors (Lipinski definition) is 1. The zero-order valence-corrected chi connectivity index (χ0v) is 15.6. The van der Waals surface area contributed by atoms with Gasteiger partial charge in [-0.2, -0.15) is 0 Å². The molecule has 0 aliphatic carbocycles. The van der Waals surface area contributed by atoms with Crippen molar-refractivity contribution in [1.29, 1.82) is 0 Å². The highest BCUT2D eigenvalue weighted by molar-refractivity contribution is 5.99. The van der Waals surface area contributed by atoms with Gasteiger partial charge in [0, 0.05) is 55.9 Å². The van der Waals surface area contributed by atoms with Crippen LogP contribution >= 0.6 is 0 Å². The molecule has 6 nitrogen and oxygen atoms in total. The summed E-state index contributed by atoms with van der Waals surface area (Å²) >= 11 is 0. The second kappa shape index (κ2) is 7.82. The van der Waals surface area contributed by atoms with Gasteiger partial charge in [0.1, 0.15) is 0 Å². The second-order valence-corrected chi connectivity index (χ2v) is 6.60. The van der Waals surface area contributed by atoms with E-state index in [0.717, 1.165) is 37.6 Å². The number of hydrogen-bond acceptors (Lipinski definition) is 5. The fourth-order valence-corrected chi connectivity index (χ4v) is 3.35. The van der Waals surface area contributed by atoms with Gasteiger partial charge >= 0.3 is 0 Å². The van der Waals surface area contributed by atoms with Crippen LogP contribution in [0.25, 0.3) is 5.57 Å². The molecule has 3 aliphatic heterocycles. The maximum Gasteiger partial charge on any atom is 0.255 e. The molecule has 1 amide bonds. The first-order chi connectivity index (χ1) is 13.7. The van der Waals surface area contributed by atoms with E-state index in [0.29, 0.717) is 11.1 Å². The van der Waals surface area contributed by atoms with E-state index < -0.39 is 5.82 Å². The lowest BCUT2D eigenvalue weighted by molar-refractivity contribution is -0.122. The van der Waals surface area contributed by atoms with E-state index in [2.05, 4.69) is 15.2 Å². The summed E-state index contributed by atoms with van der Waals surface area (Å²) in [6, 6.07) is 1.32. The van der Waals surface area contributed by atoms with Crippen LogP contribution in [0, 0.1) is 5.82 Å². The molecular formula is C21H21FN4O2. The zero-order valence-electron chi connectivity index (χ0n) is 15.6. The Morgan fingerprint density at radius 2 is 1.96 bits per heavy atom. The quantitative estimate of drug-likeness (QED) is 0.871. The van der Waals surface area contributed by atoms with Gasteiger partial charge in [0.25, 0.3) is 5.91 Å². The third kappa shape index (κ3) is 3.61. The number of carbonyl (C=O) groups is 1. The number of halogens is 1. The van der Waals surface area contributed by atoms with E-state index in [1.54, 1.807) is 11.0 Å². The summed E-state index contributed by atoms with van der Waals surface area (Å²) in [5.41, 5.74) is 2.89. The third-order valence-electron chi connectivity index (χ3n) is 4.84. The summed E-state index contributed by atoms with van der Waals surface area (Å²) < 4.78 is 18.9. The lowest BCUT2D eigenvalue weighted by atomic mass is 10.0. The molecule has 1 N–H and O–H groups in total. The highest BCUT2D eigenvalue weighted by Crippen LogP contribution is 2.26. The standard InChI is InChI=1S/C21H21FN4O2/c1-28-21-19(22)11-16(13-24-21)15-3-2-4-17-5-6-18(14-26(17)20(27)12-15)25-9-7-23-8-10-25/h2-6,11-14,23H,7-10H2,1H3/b3-2?,15-12?,17-4+. The van der Waals surface area contributed by atoms with Crippen molar-refractivity contribution < 1.29 is 13.9 Å². The normalized spacial score (nSPS) is 21.2. The molecule has 28 heavy (non-hydrogen) atoms. The molecule has 1 aromatic heterocycles. The maximum atomic E-state index is 14.0. The highest BCUT2D eigenvalue weighted by Gasteiger charge is 2.21. The van der Waals surface area contributed by atoms with E-state index in [1.165, 1.54) is 25.4 Å². The Morgan fingerprint density at radius 3 is 2.71 bits per heavy atom. The number of aromatic nitrogens is 1. The monoisotopic (exact) mass is 380 g/mol. The van der Waals surface area contributed by atoms with Crippen LogP contribution in [0.3, 0.4) is 0 Å².